The maximum absolute atomic E-state index is 12.1. The number of aliphatic imine (C=N–C) groups is 1. The van der Waals surface area contributed by atoms with E-state index in [2.05, 4.69) is 34.7 Å². The number of nitrogens with zero attached hydrogens (tertiary/aromatic N) is 2. The molecule has 150 valence electrons. The number of thiophene rings is 1. The first-order valence-electron chi connectivity index (χ1n) is 8.40. The van der Waals surface area contributed by atoms with Crippen LogP contribution < -0.4 is 10.6 Å². The summed E-state index contributed by atoms with van der Waals surface area (Å²) in [6.45, 7) is 3.44. The smallest absolute Gasteiger partial charge is 0.242 e. The minimum atomic E-state index is -3.39. The molecule has 0 saturated carbocycles. The summed E-state index contributed by atoms with van der Waals surface area (Å²) < 4.78 is 25.4. The molecule has 2 rings (SSSR count). The van der Waals surface area contributed by atoms with Gasteiger partial charge in [0.25, 0.3) is 0 Å². The first kappa shape index (κ1) is 23.9. The van der Waals surface area contributed by atoms with Crippen LogP contribution >= 0.6 is 35.3 Å². The molecule has 0 bridgehead atoms. The second-order valence-electron chi connectivity index (χ2n) is 5.93. The molecule has 6 nitrogen and oxygen atoms in total. The molecule has 0 fully saturated rings. The molecular formula is C18H27IN4O2S2. The van der Waals surface area contributed by atoms with Crippen LogP contribution in [0.15, 0.2) is 46.3 Å². The molecule has 0 unspecified atom stereocenters. The van der Waals surface area contributed by atoms with E-state index in [9.17, 15) is 8.42 Å². The molecule has 2 aromatic rings. The Morgan fingerprint density at radius 2 is 1.63 bits per heavy atom. The van der Waals surface area contributed by atoms with E-state index in [1.165, 1.54) is 28.2 Å². The third-order valence-electron chi connectivity index (χ3n) is 3.88. The highest BCUT2D eigenvalue weighted by Gasteiger charge is 2.16. The summed E-state index contributed by atoms with van der Waals surface area (Å²) in [4.78, 5) is 7.15. The van der Waals surface area contributed by atoms with Crippen LogP contribution in [0, 0.1) is 0 Å². The number of nitrogens with one attached hydrogen (secondary N) is 2. The fourth-order valence-corrected chi connectivity index (χ4v) is 4.07. The van der Waals surface area contributed by atoms with Crippen molar-refractivity contribution in [2.24, 2.45) is 4.99 Å². The average Bonchev–Trinajstić information content (AvgIpc) is 3.10. The highest BCUT2D eigenvalue weighted by molar-refractivity contribution is 14.0. The summed E-state index contributed by atoms with van der Waals surface area (Å²) in [6.07, 6.45) is 1.05. The van der Waals surface area contributed by atoms with Crippen LogP contribution in [0.5, 0.6) is 0 Å². The van der Waals surface area contributed by atoms with Crippen molar-refractivity contribution in [3.8, 4) is 0 Å². The number of benzene rings is 1. The van der Waals surface area contributed by atoms with Crippen LogP contribution in [-0.4, -0.2) is 39.8 Å². The molecule has 0 amide bonds. The number of halogens is 1. The van der Waals surface area contributed by atoms with Gasteiger partial charge in [-0.05, 0) is 36.2 Å². The lowest BCUT2D eigenvalue weighted by atomic mass is 10.2. The summed E-state index contributed by atoms with van der Waals surface area (Å²) >= 11 is 1.80. The zero-order chi connectivity index (χ0) is 19.2. The lowest BCUT2D eigenvalue weighted by molar-refractivity contribution is 0.520. The molecule has 2 N–H and O–H groups in total. The summed E-state index contributed by atoms with van der Waals surface area (Å²) in [5.41, 5.74) is 0.982. The van der Waals surface area contributed by atoms with E-state index in [1.807, 2.05) is 12.1 Å². The van der Waals surface area contributed by atoms with Crippen LogP contribution in [-0.2, 0) is 29.5 Å². The van der Waals surface area contributed by atoms with Crippen LogP contribution in [0.3, 0.4) is 0 Å². The Kier molecular flexibility index (Phi) is 9.71. The second kappa shape index (κ2) is 11.0. The van der Waals surface area contributed by atoms with Gasteiger partial charge >= 0.3 is 0 Å². The maximum atomic E-state index is 12.1. The Morgan fingerprint density at radius 1 is 1.04 bits per heavy atom. The van der Waals surface area contributed by atoms with Crippen molar-refractivity contribution in [2.45, 2.75) is 31.3 Å². The monoisotopic (exact) mass is 522 g/mol. The van der Waals surface area contributed by atoms with Gasteiger partial charge in [-0.15, -0.1) is 35.3 Å². The third-order valence-corrected chi connectivity index (χ3v) is 6.94. The first-order valence-corrected chi connectivity index (χ1v) is 10.7. The molecule has 0 aliphatic heterocycles. The Bertz CT molecular complexity index is 847. The molecule has 27 heavy (non-hydrogen) atoms. The minimum absolute atomic E-state index is 0. The molecule has 9 heteroatoms. The lowest BCUT2D eigenvalue weighted by Gasteiger charge is -2.13. The third kappa shape index (κ3) is 6.74. The number of sulfonamides is 1. The predicted molar refractivity (Wildman–Crippen MR) is 123 cm³/mol. The van der Waals surface area contributed by atoms with Crippen LogP contribution in [0.1, 0.15) is 22.2 Å². The minimum Gasteiger partial charge on any atom is -0.352 e. The van der Waals surface area contributed by atoms with Gasteiger partial charge in [0.2, 0.25) is 10.0 Å². The van der Waals surface area contributed by atoms with Crippen LogP contribution in [0.25, 0.3) is 0 Å². The van der Waals surface area contributed by atoms with Crippen LogP contribution in [0.4, 0.5) is 0 Å². The van der Waals surface area contributed by atoms with Gasteiger partial charge in [0.1, 0.15) is 0 Å². The fourth-order valence-electron chi connectivity index (χ4n) is 2.27. The van der Waals surface area contributed by atoms with Gasteiger partial charge in [0, 0.05) is 37.4 Å². The van der Waals surface area contributed by atoms with E-state index in [0.717, 1.165) is 18.5 Å². The number of guanidine groups is 1. The highest BCUT2D eigenvalue weighted by atomic mass is 127. The molecule has 1 aromatic carbocycles. The molecule has 0 aliphatic carbocycles. The number of rotatable bonds is 7. The van der Waals surface area contributed by atoms with Gasteiger partial charge in [-0.2, -0.15) is 0 Å². The van der Waals surface area contributed by atoms with E-state index in [-0.39, 0.29) is 28.9 Å². The number of aryl methyl sites for hydroxylation is 1. The van der Waals surface area contributed by atoms with Gasteiger partial charge < -0.3 is 10.6 Å². The Labute approximate surface area is 183 Å². The van der Waals surface area contributed by atoms with Crippen molar-refractivity contribution < 1.29 is 8.42 Å². The molecule has 0 radical (unpaired) electrons. The van der Waals surface area contributed by atoms with Crippen LogP contribution in [0.2, 0.25) is 0 Å². The number of hydrogen-bond acceptors (Lipinski definition) is 4. The zero-order valence-electron chi connectivity index (χ0n) is 16.0. The summed E-state index contributed by atoms with van der Waals surface area (Å²) in [6, 6.07) is 11.2. The molecule has 1 heterocycles. The van der Waals surface area contributed by atoms with E-state index in [4.69, 9.17) is 0 Å². The van der Waals surface area contributed by atoms with Crippen molar-refractivity contribution in [3.05, 3.63) is 51.7 Å². The summed E-state index contributed by atoms with van der Waals surface area (Å²) in [5, 5.41) is 6.53. The van der Waals surface area contributed by atoms with E-state index >= 15 is 0 Å². The zero-order valence-corrected chi connectivity index (χ0v) is 20.0. The Balaban J connectivity index is 0.00000364. The van der Waals surface area contributed by atoms with Crippen molar-refractivity contribution in [1.82, 2.24) is 14.9 Å². The Morgan fingerprint density at radius 3 is 2.15 bits per heavy atom. The molecular weight excluding hydrogens is 495 g/mol. The quantitative estimate of drug-likeness (QED) is 0.333. The highest BCUT2D eigenvalue weighted by Crippen LogP contribution is 2.16. The van der Waals surface area contributed by atoms with Gasteiger partial charge in [-0.25, -0.2) is 12.7 Å². The Hall–Kier alpha value is -1.17. The van der Waals surface area contributed by atoms with Gasteiger partial charge in [-0.3, -0.25) is 4.99 Å². The topological polar surface area (TPSA) is 73.8 Å². The lowest BCUT2D eigenvalue weighted by Crippen LogP contribution is -2.36. The van der Waals surface area contributed by atoms with Crippen molar-refractivity contribution >= 4 is 51.3 Å². The SMILES string of the molecule is CCc1ccc(CNC(=NC)NCc2ccc(S(=O)(=O)N(C)C)cc2)s1.I. The fraction of sp³-hybridized carbons (Fsp3) is 0.389. The van der Waals surface area contributed by atoms with E-state index in [0.29, 0.717) is 12.5 Å². The van der Waals surface area contributed by atoms with E-state index in [1.54, 1.807) is 30.5 Å². The average molecular weight is 522 g/mol. The molecule has 0 saturated heterocycles. The van der Waals surface area contributed by atoms with Crippen molar-refractivity contribution in [1.29, 1.82) is 0 Å². The van der Waals surface area contributed by atoms with Gasteiger partial charge in [-0.1, -0.05) is 19.1 Å². The molecule has 0 atom stereocenters. The van der Waals surface area contributed by atoms with Gasteiger partial charge in [0.05, 0.1) is 11.4 Å². The second-order valence-corrected chi connectivity index (χ2v) is 9.34. The predicted octanol–water partition coefficient (Wildman–Crippen LogP) is 3.04. The number of hydrogen-bond donors (Lipinski definition) is 2. The van der Waals surface area contributed by atoms with Gasteiger partial charge in [0.15, 0.2) is 5.96 Å². The molecule has 0 spiro atoms. The first-order chi connectivity index (χ1) is 12.4. The largest absolute Gasteiger partial charge is 0.352 e. The van der Waals surface area contributed by atoms with Crippen molar-refractivity contribution in [2.75, 3.05) is 21.1 Å². The normalized spacial score (nSPS) is 12.0. The summed E-state index contributed by atoms with van der Waals surface area (Å²) in [7, 11) is 1.39. The summed E-state index contributed by atoms with van der Waals surface area (Å²) in [5.74, 6) is 0.710. The maximum Gasteiger partial charge on any atom is 0.242 e. The van der Waals surface area contributed by atoms with E-state index < -0.39 is 10.0 Å². The van der Waals surface area contributed by atoms with Crippen molar-refractivity contribution in [3.63, 3.8) is 0 Å². The molecule has 0 aliphatic rings. The molecule has 1 aromatic heterocycles. The standard InChI is InChI=1S/C18H26N4O2S2.HI/c1-5-15-8-9-16(25-15)13-21-18(19-2)20-12-14-6-10-17(11-7-14)26(23,24)22(3)4;/h6-11H,5,12-13H2,1-4H3,(H2,19,20,21);1H.